The number of carbonyl (C=O) groups excluding carboxylic acids is 1. The van der Waals surface area contributed by atoms with Crippen LogP contribution in [-0.2, 0) is 9.53 Å². The van der Waals surface area contributed by atoms with Crippen LogP contribution in [0.3, 0.4) is 0 Å². The van der Waals surface area contributed by atoms with Crippen molar-refractivity contribution in [3.63, 3.8) is 0 Å². The number of nitrogens with zero attached hydrogens (tertiary/aromatic N) is 1. The van der Waals surface area contributed by atoms with Crippen LogP contribution in [0.25, 0.3) is 5.76 Å². The SMILES string of the molecule is CCOC(=O)C1=C(O)c2ccccc2SN1C. The molecule has 2 rings (SSSR count). The molecule has 90 valence electrons. The maximum Gasteiger partial charge on any atom is 0.359 e. The number of hydrogen-bond acceptors (Lipinski definition) is 5. The molecule has 0 amide bonds. The molecule has 0 fully saturated rings. The van der Waals surface area contributed by atoms with Crippen LogP contribution in [0.4, 0.5) is 0 Å². The van der Waals surface area contributed by atoms with E-state index in [1.54, 1.807) is 24.3 Å². The highest BCUT2D eigenvalue weighted by Crippen LogP contribution is 2.38. The summed E-state index contributed by atoms with van der Waals surface area (Å²) in [6.45, 7) is 2.02. The van der Waals surface area contributed by atoms with E-state index in [0.29, 0.717) is 5.56 Å². The van der Waals surface area contributed by atoms with E-state index in [1.807, 2.05) is 18.2 Å². The monoisotopic (exact) mass is 251 g/mol. The Morgan fingerprint density at radius 2 is 2.18 bits per heavy atom. The van der Waals surface area contributed by atoms with E-state index in [2.05, 4.69) is 0 Å². The zero-order valence-electron chi connectivity index (χ0n) is 9.64. The van der Waals surface area contributed by atoms with Gasteiger partial charge < -0.3 is 14.1 Å². The standard InChI is InChI=1S/C12H13NO3S/c1-3-16-12(15)10-11(14)8-6-4-5-7-9(8)17-13(10)2/h4-7,14H,3H2,1-2H3. The van der Waals surface area contributed by atoms with Gasteiger partial charge in [0, 0.05) is 17.5 Å². The summed E-state index contributed by atoms with van der Waals surface area (Å²) in [7, 11) is 1.73. The molecule has 0 saturated carbocycles. The molecule has 0 spiro atoms. The zero-order valence-corrected chi connectivity index (χ0v) is 10.5. The molecule has 1 aromatic carbocycles. The van der Waals surface area contributed by atoms with Gasteiger partial charge in [0.05, 0.1) is 6.61 Å². The fourth-order valence-electron chi connectivity index (χ4n) is 1.64. The highest BCUT2D eigenvalue weighted by atomic mass is 32.2. The molecule has 4 nitrogen and oxygen atoms in total. The number of esters is 1. The molecular formula is C12H13NO3S. The smallest absolute Gasteiger partial charge is 0.359 e. The van der Waals surface area contributed by atoms with Gasteiger partial charge in [-0.2, -0.15) is 0 Å². The van der Waals surface area contributed by atoms with Crippen molar-refractivity contribution in [3.8, 4) is 0 Å². The number of likely N-dealkylation sites (N-methyl/N-ethyl adjacent to an activating group) is 1. The number of ether oxygens (including phenoxy) is 1. The third kappa shape index (κ3) is 2.10. The summed E-state index contributed by atoms with van der Waals surface area (Å²) in [6, 6.07) is 7.39. The minimum atomic E-state index is -0.505. The summed E-state index contributed by atoms with van der Waals surface area (Å²) in [5.74, 6) is -0.533. The molecule has 0 aromatic heterocycles. The van der Waals surface area contributed by atoms with Crippen LogP contribution in [0.15, 0.2) is 34.9 Å². The predicted octanol–water partition coefficient (Wildman–Crippen LogP) is 2.43. The van der Waals surface area contributed by atoms with Gasteiger partial charge >= 0.3 is 5.97 Å². The third-order valence-corrected chi connectivity index (χ3v) is 3.39. The number of fused-ring (bicyclic) bond motifs is 1. The quantitative estimate of drug-likeness (QED) is 0.646. The summed E-state index contributed by atoms with van der Waals surface area (Å²) in [5.41, 5.74) is 0.856. The normalized spacial score (nSPS) is 14.6. The van der Waals surface area contributed by atoms with E-state index < -0.39 is 5.97 Å². The number of aliphatic hydroxyl groups excluding tert-OH is 1. The minimum Gasteiger partial charge on any atom is -0.505 e. The van der Waals surface area contributed by atoms with Crippen molar-refractivity contribution in [3.05, 3.63) is 35.5 Å². The molecule has 1 aliphatic rings. The Hall–Kier alpha value is -1.62. The second-order valence-electron chi connectivity index (χ2n) is 3.50. The molecule has 1 aliphatic heterocycles. The Morgan fingerprint density at radius 1 is 1.47 bits per heavy atom. The molecule has 1 aromatic rings. The van der Waals surface area contributed by atoms with Crippen LogP contribution in [0.2, 0.25) is 0 Å². The number of aliphatic hydroxyl groups is 1. The van der Waals surface area contributed by atoms with E-state index in [0.717, 1.165) is 4.90 Å². The highest BCUT2D eigenvalue weighted by Gasteiger charge is 2.28. The van der Waals surface area contributed by atoms with Gasteiger partial charge in [-0.05, 0) is 31.0 Å². The molecule has 5 heteroatoms. The van der Waals surface area contributed by atoms with E-state index in [1.165, 1.54) is 11.9 Å². The van der Waals surface area contributed by atoms with Crippen molar-refractivity contribution in [2.75, 3.05) is 13.7 Å². The number of carbonyl (C=O) groups is 1. The number of hydrogen-bond donors (Lipinski definition) is 1. The molecule has 1 heterocycles. The lowest BCUT2D eigenvalue weighted by Gasteiger charge is -2.26. The number of benzene rings is 1. The second kappa shape index (κ2) is 4.71. The van der Waals surface area contributed by atoms with Gasteiger partial charge in [0.25, 0.3) is 0 Å². The molecule has 0 unspecified atom stereocenters. The van der Waals surface area contributed by atoms with Crippen LogP contribution in [-0.4, -0.2) is 29.0 Å². The van der Waals surface area contributed by atoms with Gasteiger partial charge in [-0.15, -0.1) is 0 Å². The van der Waals surface area contributed by atoms with Crippen LogP contribution in [0.5, 0.6) is 0 Å². The van der Waals surface area contributed by atoms with Gasteiger partial charge in [0.1, 0.15) is 0 Å². The van der Waals surface area contributed by atoms with E-state index in [-0.39, 0.29) is 18.1 Å². The Labute approximate surface area is 104 Å². The van der Waals surface area contributed by atoms with E-state index >= 15 is 0 Å². The van der Waals surface area contributed by atoms with E-state index in [4.69, 9.17) is 4.74 Å². The molecular weight excluding hydrogens is 238 g/mol. The first-order valence-corrected chi connectivity index (χ1v) is 6.04. The molecule has 1 N–H and O–H groups in total. The summed E-state index contributed by atoms with van der Waals surface area (Å²) in [5, 5.41) is 10.1. The summed E-state index contributed by atoms with van der Waals surface area (Å²) in [4.78, 5) is 12.7. The lowest BCUT2D eigenvalue weighted by Crippen LogP contribution is -2.24. The summed E-state index contributed by atoms with van der Waals surface area (Å²) >= 11 is 1.39. The van der Waals surface area contributed by atoms with Crippen molar-refractivity contribution in [2.24, 2.45) is 0 Å². The molecule has 0 bridgehead atoms. The number of rotatable bonds is 2. The minimum absolute atomic E-state index is 0.0275. The Balaban J connectivity index is 2.47. The first kappa shape index (κ1) is 11.9. The molecule has 0 atom stereocenters. The van der Waals surface area contributed by atoms with Gasteiger partial charge in [0.15, 0.2) is 11.5 Å². The average molecular weight is 251 g/mol. The molecule has 17 heavy (non-hydrogen) atoms. The average Bonchev–Trinajstić information content (AvgIpc) is 2.29. The van der Waals surface area contributed by atoms with Crippen molar-refractivity contribution >= 4 is 23.7 Å². The van der Waals surface area contributed by atoms with Gasteiger partial charge in [-0.1, -0.05) is 12.1 Å². The molecule has 0 saturated heterocycles. The van der Waals surface area contributed by atoms with Crippen LogP contribution >= 0.6 is 11.9 Å². The predicted molar refractivity (Wildman–Crippen MR) is 66.2 cm³/mol. The lowest BCUT2D eigenvalue weighted by molar-refractivity contribution is -0.139. The highest BCUT2D eigenvalue weighted by molar-refractivity contribution is 7.97. The van der Waals surface area contributed by atoms with Gasteiger partial charge in [0.2, 0.25) is 0 Å². The maximum absolute atomic E-state index is 11.7. The maximum atomic E-state index is 11.7. The molecule has 0 aliphatic carbocycles. The first-order chi connectivity index (χ1) is 8.15. The van der Waals surface area contributed by atoms with Crippen molar-refractivity contribution < 1.29 is 14.6 Å². The Morgan fingerprint density at radius 3 is 2.88 bits per heavy atom. The van der Waals surface area contributed by atoms with Crippen LogP contribution in [0.1, 0.15) is 12.5 Å². The Kier molecular flexibility index (Phi) is 3.28. The van der Waals surface area contributed by atoms with Crippen molar-refractivity contribution in [1.82, 2.24) is 4.31 Å². The lowest BCUT2D eigenvalue weighted by atomic mass is 10.1. The summed E-state index contributed by atoms with van der Waals surface area (Å²) < 4.78 is 6.55. The third-order valence-electron chi connectivity index (χ3n) is 2.39. The topological polar surface area (TPSA) is 49.8 Å². The van der Waals surface area contributed by atoms with E-state index in [9.17, 15) is 9.90 Å². The van der Waals surface area contributed by atoms with Gasteiger partial charge in [-0.3, -0.25) is 0 Å². The van der Waals surface area contributed by atoms with Crippen LogP contribution < -0.4 is 0 Å². The first-order valence-electron chi connectivity index (χ1n) is 5.26. The second-order valence-corrected chi connectivity index (χ2v) is 4.67. The van der Waals surface area contributed by atoms with Crippen molar-refractivity contribution in [2.45, 2.75) is 11.8 Å². The zero-order chi connectivity index (χ0) is 12.4. The molecule has 0 radical (unpaired) electrons. The fraction of sp³-hybridized carbons (Fsp3) is 0.250. The fourth-order valence-corrected chi connectivity index (χ4v) is 2.59. The van der Waals surface area contributed by atoms with Crippen molar-refractivity contribution in [1.29, 1.82) is 0 Å². The largest absolute Gasteiger partial charge is 0.505 e. The Bertz CT molecular complexity index is 484. The van der Waals surface area contributed by atoms with Gasteiger partial charge in [-0.25, -0.2) is 4.79 Å². The van der Waals surface area contributed by atoms with Crippen LogP contribution in [0, 0.1) is 0 Å². The summed E-state index contributed by atoms with van der Waals surface area (Å²) in [6.07, 6.45) is 0.